The fraction of sp³-hybridized carbons (Fsp3) is 0.500. The molecule has 0 saturated heterocycles. The molecule has 5 heteroatoms. The van der Waals surface area contributed by atoms with Crippen molar-refractivity contribution in [1.29, 1.82) is 5.26 Å². The van der Waals surface area contributed by atoms with Gasteiger partial charge in [-0.25, -0.2) is 4.98 Å². The van der Waals surface area contributed by atoms with E-state index >= 15 is 0 Å². The van der Waals surface area contributed by atoms with E-state index < -0.39 is 0 Å². The van der Waals surface area contributed by atoms with Crippen molar-refractivity contribution in [2.24, 2.45) is 0 Å². The van der Waals surface area contributed by atoms with Gasteiger partial charge in [-0.15, -0.1) is 0 Å². The first-order chi connectivity index (χ1) is 9.10. The predicted octanol–water partition coefficient (Wildman–Crippen LogP) is 1.38. The summed E-state index contributed by atoms with van der Waals surface area (Å²) in [6.07, 6.45) is 3.03. The lowest BCUT2D eigenvalue weighted by Gasteiger charge is -2.11. The Morgan fingerprint density at radius 2 is 2.32 bits per heavy atom. The summed E-state index contributed by atoms with van der Waals surface area (Å²) < 4.78 is 0. The van der Waals surface area contributed by atoms with Gasteiger partial charge < -0.3 is 10.6 Å². The number of aromatic nitrogens is 1. The van der Waals surface area contributed by atoms with E-state index in [0.717, 1.165) is 30.5 Å². The summed E-state index contributed by atoms with van der Waals surface area (Å²) in [5.41, 5.74) is 2.72. The molecule has 0 saturated carbocycles. The molecular weight excluding hydrogens is 240 g/mol. The van der Waals surface area contributed by atoms with Crippen molar-refractivity contribution in [3.63, 3.8) is 0 Å². The van der Waals surface area contributed by atoms with Crippen LogP contribution in [0.3, 0.4) is 0 Å². The monoisotopic (exact) mass is 258 g/mol. The zero-order valence-corrected chi connectivity index (χ0v) is 11.3. The molecule has 2 rings (SSSR count). The van der Waals surface area contributed by atoms with E-state index in [1.54, 1.807) is 0 Å². The van der Waals surface area contributed by atoms with Crippen molar-refractivity contribution >= 4 is 11.7 Å². The van der Waals surface area contributed by atoms with Crippen LogP contribution in [-0.2, 0) is 17.6 Å². The normalized spacial score (nSPS) is 12.9. The van der Waals surface area contributed by atoms with Gasteiger partial charge in [-0.05, 0) is 44.7 Å². The Bertz CT molecular complexity index is 531. The van der Waals surface area contributed by atoms with Gasteiger partial charge in [0.05, 0.1) is 12.1 Å². The van der Waals surface area contributed by atoms with E-state index in [2.05, 4.69) is 21.7 Å². The minimum absolute atomic E-state index is 0.0961. The number of amides is 1. The van der Waals surface area contributed by atoms with Crippen molar-refractivity contribution in [3.8, 4) is 6.07 Å². The Hall–Kier alpha value is -2.09. The molecule has 1 amide bonds. The number of aryl methyl sites for hydroxylation is 2. The average Bonchev–Trinajstić information content (AvgIpc) is 2.81. The maximum absolute atomic E-state index is 11.6. The number of nitriles is 1. The van der Waals surface area contributed by atoms with Crippen LogP contribution in [0.5, 0.6) is 0 Å². The standard InChI is InChI=1S/C14H18N4O/c1-9(2)17-13(19)8-16-14-11(7-15)6-10-4-3-5-12(10)18-14/h6,9H,3-5,8H2,1-2H3,(H,16,18)(H,17,19). The summed E-state index contributed by atoms with van der Waals surface area (Å²) in [6, 6.07) is 4.13. The Labute approximate surface area is 113 Å². The number of pyridine rings is 1. The Kier molecular flexibility index (Phi) is 4.00. The second-order valence-electron chi connectivity index (χ2n) is 5.03. The first-order valence-corrected chi connectivity index (χ1v) is 6.56. The van der Waals surface area contributed by atoms with Crippen molar-refractivity contribution in [2.75, 3.05) is 11.9 Å². The second kappa shape index (κ2) is 5.70. The van der Waals surface area contributed by atoms with Crippen molar-refractivity contribution in [3.05, 3.63) is 22.9 Å². The number of anilines is 1. The highest BCUT2D eigenvalue weighted by molar-refractivity contribution is 5.81. The van der Waals surface area contributed by atoms with Gasteiger partial charge in [0.1, 0.15) is 11.9 Å². The molecule has 1 aromatic heterocycles. The molecule has 1 aromatic rings. The van der Waals surface area contributed by atoms with Gasteiger partial charge >= 0.3 is 0 Å². The molecule has 0 aliphatic heterocycles. The molecule has 1 aliphatic carbocycles. The third kappa shape index (κ3) is 3.22. The molecule has 1 heterocycles. The first kappa shape index (κ1) is 13.3. The van der Waals surface area contributed by atoms with Crippen molar-refractivity contribution in [1.82, 2.24) is 10.3 Å². The highest BCUT2D eigenvalue weighted by atomic mass is 16.1. The molecule has 5 nitrogen and oxygen atoms in total. The maximum atomic E-state index is 11.6. The number of nitrogens with one attached hydrogen (secondary N) is 2. The zero-order chi connectivity index (χ0) is 13.8. The van der Waals surface area contributed by atoms with Crippen molar-refractivity contribution < 1.29 is 4.79 Å². The van der Waals surface area contributed by atoms with Crippen LogP contribution in [0.25, 0.3) is 0 Å². The molecular formula is C14H18N4O. The summed E-state index contributed by atoms with van der Waals surface area (Å²) in [7, 11) is 0. The number of carbonyl (C=O) groups excluding carboxylic acids is 1. The minimum Gasteiger partial charge on any atom is -0.360 e. The summed E-state index contributed by atoms with van der Waals surface area (Å²) in [6.45, 7) is 3.96. The van der Waals surface area contributed by atoms with Gasteiger partial charge in [-0.2, -0.15) is 5.26 Å². The van der Waals surface area contributed by atoms with Crippen molar-refractivity contribution in [2.45, 2.75) is 39.2 Å². The molecule has 1 aliphatic rings. The lowest BCUT2D eigenvalue weighted by Crippen LogP contribution is -2.35. The number of carbonyl (C=O) groups is 1. The number of fused-ring (bicyclic) bond motifs is 1. The first-order valence-electron chi connectivity index (χ1n) is 6.56. The molecule has 19 heavy (non-hydrogen) atoms. The summed E-state index contributed by atoms with van der Waals surface area (Å²) in [4.78, 5) is 16.0. The van der Waals surface area contributed by atoms with Gasteiger partial charge in [-0.3, -0.25) is 4.79 Å². The average molecular weight is 258 g/mol. The lowest BCUT2D eigenvalue weighted by molar-refractivity contribution is -0.119. The number of hydrogen-bond acceptors (Lipinski definition) is 4. The van der Waals surface area contributed by atoms with Crippen LogP contribution in [0.2, 0.25) is 0 Å². The molecule has 0 radical (unpaired) electrons. The molecule has 0 atom stereocenters. The molecule has 0 aromatic carbocycles. The van der Waals surface area contributed by atoms with Crippen LogP contribution < -0.4 is 10.6 Å². The van der Waals surface area contributed by atoms with E-state index in [1.165, 1.54) is 0 Å². The minimum atomic E-state index is -0.0961. The van der Waals surface area contributed by atoms with Crippen LogP contribution in [0.15, 0.2) is 6.07 Å². The van der Waals surface area contributed by atoms with Crippen LogP contribution in [0.4, 0.5) is 5.82 Å². The fourth-order valence-corrected chi connectivity index (χ4v) is 2.23. The molecule has 100 valence electrons. The molecule has 0 spiro atoms. The van der Waals surface area contributed by atoms with Crippen LogP contribution in [0.1, 0.15) is 37.1 Å². The van der Waals surface area contributed by atoms with Gasteiger partial charge in [0, 0.05) is 11.7 Å². The number of rotatable bonds is 4. The highest BCUT2D eigenvalue weighted by Crippen LogP contribution is 2.24. The Morgan fingerprint density at radius 1 is 1.53 bits per heavy atom. The van der Waals surface area contributed by atoms with E-state index in [4.69, 9.17) is 5.26 Å². The second-order valence-corrected chi connectivity index (χ2v) is 5.03. The Morgan fingerprint density at radius 3 is 3.00 bits per heavy atom. The summed E-state index contributed by atoms with van der Waals surface area (Å²) in [5.74, 6) is 0.420. The van der Waals surface area contributed by atoms with E-state index in [9.17, 15) is 4.79 Å². The maximum Gasteiger partial charge on any atom is 0.239 e. The van der Waals surface area contributed by atoms with Crippen LogP contribution in [-0.4, -0.2) is 23.5 Å². The Balaban J connectivity index is 2.08. The number of nitrogens with zero attached hydrogens (tertiary/aromatic N) is 2. The summed E-state index contributed by atoms with van der Waals surface area (Å²) in [5, 5.41) is 14.9. The predicted molar refractivity (Wildman–Crippen MR) is 72.7 cm³/mol. The topological polar surface area (TPSA) is 77.8 Å². The van der Waals surface area contributed by atoms with Gasteiger partial charge in [-0.1, -0.05) is 0 Å². The molecule has 0 fully saturated rings. The van der Waals surface area contributed by atoms with E-state index in [0.29, 0.717) is 11.4 Å². The van der Waals surface area contributed by atoms with Gasteiger partial charge in [0.2, 0.25) is 5.91 Å². The van der Waals surface area contributed by atoms with E-state index in [1.807, 2.05) is 19.9 Å². The van der Waals surface area contributed by atoms with Crippen LogP contribution in [0, 0.1) is 11.3 Å². The SMILES string of the molecule is CC(C)NC(=O)CNc1nc2c(cc1C#N)CCC2. The summed E-state index contributed by atoms with van der Waals surface area (Å²) >= 11 is 0. The smallest absolute Gasteiger partial charge is 0.239 e. The quantitative estimate of drug-likeness (QED) is 0.855. The molecule has 0 bridgehead atoms. The molecule has 0 unspecified atom stereocenters. The molecule has 2 N–H and O–H groups in total. The third-order valence-electron chi connectivity index (χ3n) is 3.04. The largest absolute Gasteiger partial charge is 0.360 e. The van der Waals surface area contributed by atoms with Crippen LogP contribution >= 0.6 is 0 Å². The zero-order valence-electron chi connectivity index (χ0n) is 11.3. The fourth-order valence-electron chi connectivity index (χ4n) is 2.23. The third-order valence-corrected chi connectivity index (χ3v) is 3.04. The van der Waals surface area contributed by atoms with E-state index in [-0.39, 0.29) is 18.5 Å². The highest BCUT2D eigenvalue weighted by Gasteiger charge is 2.16. The van der Waals surface area contributed by atoms with Gasteiger partial charge in [0.25, 0.3) is 0 Å². The lowest BCUT2D eigenvalue weighted by atomic mass is 10.1. The van der Waals surface area contributed by atoms with Gasteiger partial charge in [0.15, 0.2) is 0 Å². The number of hydrogen-bond donors (Lipinski definition) is 2.